The number of nitrogens with one attached hydrogen (secondary N) is 1. The number of hydrogen-bond donors (Lipinski definition) is 1. The van der Waals surface area contributed by atoms with E-state index in [1.54, 1.807) is 24.3 Å². The van der Waals surface area contributed by atoms with E-state index >= 15 is 0 Å². The van der Waals surface area contributed by atoms with Gasteiger partial charge in [-0.2, -0.15) is 0 Å². The number of rotatable bonds is 5. The molecule has 1 fully saturated rings. The molecule has 0 bridgehead atoms. The molecule has 1 saturated heterocycles. The summed E-state index contributed by atoms with van der Waals surface area (Å²) in [4.78, 5) is 12.6. The third kappa shape index (κ3) is 3.90. The minimum absolute atomic E-state index is 0.0539. The molecule has 1 aliphatic rings. The fraction of sp³-hybridized carbons (Fsp3) is 0.350. The summed E-state index contributed by atoms with van der Waals surface area (Å²) in [6.07, 6.45) is 1.43. The van der Waals surface area contributed by atoms with Crippen LogP contribution in [0.1, 0.15) is 47.3 Å². The van der Waals surface area contributed by atoms with E-state index in [2.05, 4.69) is 5.32 Å². The minimum Gasteiger partial charge on any atom is -0.345 e. The number of amides is 1. The number of benzene rings is 2. The highest BCUT2D eigenvalue weighted by molar-refractivity contribution is 7.93. The Kier molecular flexibility index (Phi) is 5.32. The Balaban J connectivity index is 1.72. The molecule has 26 heavy (non-hydrogen) atoms. The van der Waals surface area contributed by atoms with Crippen LogP contribution in [0.4, 0.5) is 5.69 Å². The van der Waals surface area contributed by atoms with Gasteiger partial charge in [-0.1, -0.05) is 36.8 Å². The van der Waals surface area contributed by atoms with Crippen LogP contribution in [-0.2, 0) is 10.0 Å². The SMILES string of the molecule is CCC(NC(=O)c1ccc(N2CCCS2(=O)=O)cc1)c1ccc(C)cc1. The fourth-order valence-electron chi connectivity index (χ4n) is 3.17. The average molecular weight is 372 g/mol. The van der Waals surface area contributed by atoms with E-state index in [1.807, 2.05) is 38.1 Å². The number of carbonyl (C=O) groups is 1. The van der Waals surface area contributed by atoms with Crippen molar-refractivity contribution in [2.75, 3.05) is 16.6 Å². The van der Waals surface area contributed by atoms with Gasteiger partial charge in [-0.25, -0.2) is 8.42 Å². The maximum absolute atomic E-state index is 12.6. The van der Waals surface area contributed by atoms with Gasteiger partial charge >= 0.3 is 0 Å². The number of aryl methyl sites for hydroxylation is 1. The van der Waals surface area contributed by atoms with Crippen molar-refractivity contribution in [1.82, 2.24) is 5.32 Å². The van der Waals surface area contributed by atoms with Crippen LogP contribution in [0.25, 0.3) is 0 Å². The van der Waals surface area contributed by atoms with Crippen LogP contribution in [0.15, 0.2) is 48.5 Å². The molecule has 138 valence electrons. The van der Waals surface area contributed by atoms with E-state index in [0.717, 1.165) is 12.0 Å². The van der Waals surface area contributed by atoms with Crippen molar-refractivity contribution in [2.24, 2.45) is 0 Å². The van der Waals surface area contributed by atoms with Gasteiger partial charge in [-0.05, 0) is 49.6 Å². The number of anilines is 1. The van der Waals surface area contributed by atoms with Crippen molar-refractivity contribution in [3.8, 4) is 0 Å². The minimum atomic E-state index is -3.20. The second-order valence-corrected chi connectivity index (χ2v) is 8.65. The van der Waals surface area contributed by atoms with Crippen LogP contribution in [0.3, 0.4) is 0 Å². The molecule has 2 aromatic carbocycles. The van der Waals surface area contributed by atoms with E-state index in [-0.39, 0.29) is 17.7 Å². The lowest BCUT2D eigenvalue weighted by Crippen LogP contribution is -2.28. The molecule has 1 amide bonds. The molecular formula is C20H24N2O3S. The first-order valence-electron chi connectivity index (χ1n) is 8.88. The predicted octanol–water partition coefficient (Wildman–Crippen LogP) is 3.42. The highest BCUT2D eigenvalue weighted by Crippen LogP contribution is 2.24. The Hall–Kier alpha value is -2.34. The Morgan fingerprint density at radius 2 is 1.77 bits per heavy atom. The summed E-state index contributed by atoms with van der Waals surface area (Å²) in [5.41, 5.74) is 3.40. The molecule has 3 rings (SSSR count). The Morgan fingerprint density at radius 1 is 1.12 bits per heavy atom. The van der Waals surface area contributed by atoms with Gasteiger partial charge in [-0.3, -0.25) is 9.10 Å². The molecule has 1 atom stereocenters. The molecular weight excluding hydrogens is 348 g/mol. The van der Waals surface area contributed by atoms with Crippen molar-refractivity contribution in [2.45, 2.75) is 32.7 Å². The zero-order valence-electron chi connectivity index (χ0n) is 15.1. The monoisotopic (exact) mass is 372 g/mol. The van der Waals surface area contributed by atoms with Crippen LogP contribution < -0.4 is 9.62 Å². The molecule has 0 aliphatic carbocycles. The molecule has 1 N–H and O–H groups in total. The van der Waals surface area contributed by atoms with Gasteiger partial charge in [0.1, 0.15) is 0 Å². The van der Waals surface area contributed by atoms with E-state index in [0.29, 0.717) is 24.2 Å². The summed E-state index contributed by atoms with van der Waals surface area (Å²) < 4.78 is 25.4. The quantitative estimate of drug-likeness (QED) is 0.874. The summed E-state index contributed by atoms with van der Waals surface area (Å²) in [7, 11) is -3.20. The van der Waals surface area contributed by atoms with Crippen LogP contribution in [0.2, 0.25) is 0 Å². The van der Waals surface area contributed by atoms with Gasteiger partial charge in [0.05, 0.1) is 17.5 Å². The highest BCUT2D eigenvalue weighted by Gasteiger charge is 2.28. The maximum Gasteiger partial charge on any atom is 0.251 e. The van der Waals surface area contributed by atoms with Crippen molar-refractivity contribution in [1.29, 1.82) is 0 Å². The smallest absolute Gasteiger partial charge is 0.251 e. The molecule has 0 saturated carbocycles. The number of hydrogen-bond acceptors (Lipinski definition) is 3. The lowest BCUT2D eigenvalue weighted by Gasteiger charge is -2.19. The van der Waals surface area contributed by atoms with Crippen molar-refractivity contribution in [3.63, 3.8) is 0 Å². The van der Waals surface area contributed by atoms with Gasteiger partial charge in [0, 0.05) is 12.1 Å². The van der Waals surface area contributed by atoms with Crippen molar-refractivity contribution >= 4 is 21.6 Å². The first kappa shape index (κ1) is 18.5. The number of nitrogens with zero attached hydrogens (tertiary/aromatic N) is 1. The third-order valence-electron chi connectivity index (χ3n) is 4.71. The van der Waals surface area contributed by atoms with Gasteiger partial charge in [0.25, 0.3) is 5.91 Å². The van der Waals surface area contributed by atoms with Gasteiger partial charge in [0.2, 0.25) is 10.0 Å². The topological polar surface area (TPSA) is 66.5 Å². The zero-order chi connectivity index (χ0) is 18.7. The summed E-state index contributed by atoms with van der Waals surface area (Å²) in [6.45, 7) is 4.57. The first-order valence-corrected chi connectivity index (χ1v) is 10.5. The molecule has 1 aliphatic heterocycles. The lowest BCUT2D eigenvalue weighted by atomic mass is 10.0. The molecule has 0 radical (unpaired) electrons. The Morgan fingerprint density at radius 3 is 2.31 bits per heavy atom. The lowest BCUT2D eigenvalue weighted by molar-refractivity contribution is 0.0935. The second-order valence-electron chi connectivity index (χ2n) is 6.63. The van der Waals surface area contributed by atoms with Crippen LogP contribution in [0, 0.1) is 6.92 Å². The molecule has 1 unspecified atom stereocenters. The summed E-state index contributed by atoms with van der Waals surface area (Å²) in [5.74, 6) is 0.0255. The molecule has 0 spiro atoms. The Labute approximate surface area is 155 Å². The number of carbonyl (C=O) groups excluding carboxylic acids is 1. The third-order valence-corrected chi connectivity index (χ3v) is 6.58. The molecule has 1 heterocycles. The van der Waals surface area contributed by atoms with E-state index < -0.39 is 10.0 Å². The second kappa shape index (κ2) is 7.50. The van der Waals surface area contributed by atoms with Crippen molar-refractivity contribution in [3.05, 3.63) is 65.2 Å². The predicted molar refractivity (Wildman–Crippen MR) is 104 cm³/mol. The molecule has 2 aromatic rings. The largest absolute Gasteiger partial charge is 0.345 e. The summed E-state index contributed by atoms with van der Waals surface area (Å²) >= 11 is 0. The van der Waals surface area contributed by atoms with Gasteiger partial charge in [0.15, 0.2) is 0 Å². The van der Waals surface area contributed by atoms with Crippen molar-refractivity contribution < 1.29 is 13.2 Å². The molecule has 0 aromatic heterocycles. The van der Waals surface area contributed by atoms with E-state index in [1.165, 1.54) is 9.87 Å². The normalized spacial score (nSPS) is 17.1. The maximum atomic E-state index is 12.6. The zero-order valence-corrected chi connectivity index (χ0v) is 15.9. The molecule has 5 nitrogen and oxygen atoms in total. The van der Waals surface area contributed by atoms with Gasteiger partial charge in [-0.15, -0.1) is 0 Å². The summed E-state index contributed by atoms with van der Waals surface area (Å²) in [5, 5.41) is 3.05. The fourth-order valence-corrected chi connectivity index (χ4v) is 4.73. The first-order chi connectivity index (χ1) is 12.4. The highest BCUT2D eigenvalue weighted by atomic mass is 32.2. The number of sulfonamides is 1. The molecule has 6 heteroatoms. The average Bonchev–Trinajstić information content (AvgIpc) is 2.99. The van der Waals surface area contributed by atoms with Gasteiger partial charge < -0.3 is 5.32 Å². The van der Waals surface area contributed by atoms with Crippen LogP contribution in [0.5, 0.6) is 0 Å². The van der Waals surface area contributed by atoms with Crippen LogP contribution in [-0.4, -0.2) is 26.6 Å². The van der Waals surface area contributed by atoms with Crippen LogP contribution >= 0.6 is 0 Å². The standard InChI is InChI=1S/C20H24N2O3S/c1-3-19(16-7-5-15(2)6-8-16)21-20(23)17-9-11-18(12-10-17)22-13-4-14-26(22,24)25/h5-12,19H,3-4,13-14H2,1-2H3,(H,21,23). The van der Waals surface area contributed by atoms with E-state index in [9.17, 15) is 13.2 Å². The van der Waals surface area contributed by atoms with E-state index in [4.69, 9.17) is 0 Å². The summed E-state index contributed by atoms with van der Waals surface area (Å²) in [6, 6.07) is 14.8. The Bertz CT molecular complexity index is 874.